The molecule has 2 heteroatoms. The summed E-state index contributed by atoms with van der Waals surface area (Å²) in [7, 11) is 0. The summed E-state index contributed by atoms with van der Waals surface area (Å²) < 4.78 is 12.8. The van der Waals surface area contributed by atoms with Crippen LogP contribution in [0.15, 0.2) is 54.6 Å². The van der Waals surface area contributed by atoms with Crippen molar-refractivity contribution in [3.63, 3.8) is 0 Å². The van der Waals surface area contributed by atoms with Crippen LogP contribution >= 0.6 is 11.6 Å². The molecule has 0 saturated heterocycles. The van der Waals surface area contributed by atoms with Crippen molar-refractivity contribution in [3.8, 4) is 0 Å². The van der Waals surface area contributed by atoms with Crippen molar-refractivity contribution >= 4 is 11.6 Å². The highest BCUT2D eigenvalue weighted by Gasteiger charge is 2.17. The molecule has 0 bridgehead atoms. The number of hydrogen-bond donors (Lipinski definition) is 0. The Morgan fingerprint density at radius 1 is 0.882 bits per heavy atom. The van der Waals surface area contributed by atoms with Crippen molar-refractivity contribution in [2.45, 2.75) is 18.2 Å². The van der Waals surface area contributed by atoms with Gasteiger partial charge in [0.25, 0.3) is 0 Å². The molecule has 0 aromatic heterocycles. The van der Waals surface area contributed by atoms with Gasteiger partial charge in [-0.05, 0) is 23.3 Å². The third-order valence-corrected chi connectivity index (χ3v) is 3.58. The van der Waals surface area contributed by atoms with Gasteiger partial charge >= 0.3 is 0 Å². The average Bonchev–Trinajstić information content (AvgIpc) is 2.39. The van der Waals surface area contributed by atoms with Crippen LogP contribution in [0.25, 0.3) is 0 Å². The van der Waals surface area contributed by atoms with Gasteiger partial charge in [0.15, 0.2) is 0 Å². The summed E-state index contributed by atoms with van der Waals surface area (Å²) in [6.45, 7) is 2.08. The standard InChI is InChI=1S/C15H14ClF/c1-11(12-5-3-2-4-6-12)15(16)13-7-9-14(17)10-8-13/h2-11,15H,1H3. The Morgan fingerprint density at radius 2 is 1.47 bits per heavy atom. The highest BCUT2D eigenvalue weighted by Crippen LogP contribution is 2.35. The number of rotatable bonds is 3. The molecule has 2 aromatic rings. The van der Waals surface area contributed by atoms with E-state index in [9.17, 15) is 4.39 Å². The molecular weight excluding hydrogens is 235 g/mol. The van der Waals surface area contributed by atoms with E-state index in [0.29, 0.717) is 0 Å². The second kappa shape index (κ2) is 5.33. The third-order valence-electron chi connectivity index (χ3n) is 2.95. The normalized spacial score (nSPS) is 14.3. The van der Waals surface area contributed by atoms with Crippen molar-refractivity contribution < 1.29 is 4.39 Å². The van der Waals surface area contributed by atoms with Gasteiger partial charge in [-0.25, -0.2) is 4.39 Å². The first-order valence-electron chi connectivity index (χ1n) is 5.63. The molecule has 0 radical (unpaired) electrons. The minimum Gasteiger partial charge on any atom is -0.207 e. The lowest BCUT2D eigenvalue weighted by molar-refractivity contribution is 0.625. The van der Waals surface area contributed by atoms with Gasteiger partial charge < -0.3 is 0 Å². The van der Waals surface area contributed by atoms with Gasteiger partial charge in [-0.2, -0.15) is 0 Å². The Hall–Kier alpha value is -1.34. The van der Waals surface area contributed by atoms with Gasteiger partial charge in [-0.3, -0.25) is 0 Å². The van der Waals surface area contributed by atoms with Crippen molar-refractivity contribution in [1.82, 2.24) is 0 Å². The summed E-state index contributed by atoms with van der Waals surface area (Å²) in [5, 5.41) is -0.141. The van der Waals surface area contributed by atoms with Gasteiger partial charge in [0.1, 0.15) is 5.82 Å². The van der Waals surface area contributed by atoms with Crippen molar-refractivity contribution in [1.29, 1.82) is 0 Å². The molecule has 2 rings (SSSR count). The first-order valence-corrected chi connectivity index (χ1v) is 6.06. The molecule has 0 fully saturated rings. The van der Waals surface area contributed by atoms with Crippen LogP contribution in [0.4, 0.5) is 4.39 Å². The van der Waals surface area contributed by atoms with E-state index >= 15 is 0 Å². The summed E-state index contributed by atoms with van der Waals surface area (Å²) in [5.41, 5.74) is 2.14. The van der Waals surface area contributed by atoms with Crippen LogP contribution in [0.2, 0.25) is 0 Å². The molecule has 2 atom stereocenters. The van der Waals surface area contributed by atoms with Gasteiger partial charge in [-0.1, -0.05) is 49.4 Å². The van der Waals surface area contributed by atoms with Crippen LogP contribution in [0.3, 0.4) is 0 Å². The van der Waals surface area contributed by atoms with Crippen LogP contribution in [-0.2, 0) is 0 Å². The van der Waals surface area contributed by atoms with E-state index in [1.165, 1.54) is 17.7 Å². The van der Waals surface area contributed by atoms with Crippen molar-refractivity contribution in [2.24, 2.45) is 0 Å². The maximum absolute atomic E-state index is 12.8. The summed E-state index contributed by atoms with van der Waals surface area (Å²) in [5.74, 6) is -0.0340. The largest absolute Gasteiger partial charge is 0.207 e. The zero-order valence-electron chi connectivity index (χ0n) is 9.61. The predicted molar refractivity (Wildman–Crippen MR) is 69.9 cm³/mol. The Morgan fingerprint density at radius 3 is 2.06 bits per heavy atom. The van der Waals surface area contributed by atoms with Gasteiger partial charge in [0, 0.05) is 5.92 Å². The molecule has 2 aromatic carbocycles. The van der Waals surface area contributed by atoms with E-state index in [-0.39, 0.29) is 17.1 Å². The second-order valence-corrected chi connectivity index (χ2v) is 4.62. The Labute approximate surface area is 106 Å². The molecular formula is C15H14ClF. The Bertz CT molecular complexity index is 464. The topological polar surface area (TPSA) is 0 Å². The van der Waals surface area contributed by atoms with Crippen LogP contribution in [0.5, 0.6) is 0 Å². The van der Waals surface area contributed by atoms with Crippen LogP contribution in [0.1, 0.15) is 29.3 Å². The molecule has 0 aliphatic rings. The number of alkyl halides is 1. The number of hydrogen-bond acceptors (Lipinski definition) is 0. The van der Waals surface area contributed by atoms with E-state index in [2.05, 4.69) is 19.1 Å². The molecule has 88 valence electrons. The molecule has 2 unspecified atom stereocenters. The molecule has 0 spiro atoms. The summed E-state index contributed by atoms with van der Waals surface area (Å²) in [6, 6.07) is 16.5. The molecule has 0 amide bonds. The lowest BCUT2D eigenvalue weighted by Crippen LogP contribution is -2.02. The van der Waals surface area contributed by atoms with Crippen LogP contribution in [-0.4, -0.2) is 0 Å². The van der Waals surface area contributed by atoms with E-state index in [0.717, 1.165) is 5.56 Å². The maximum atomic E-state index is 12.8. The molecule has 0 nitrogen and oxygen atoms in total. The average molecular weight is 249 g/mol. The van der Waals surface area contributed by atoms with Gasteiger partial charge in [0.2, 0.25) is 0 Å². The lowest BCUT2D eigenvalue weighted by Gasteiger charge is -2.18. The highest BCUT2D eigenvalue weighted by molar-refractivity contribution is 6.21. The molecule has 17 heavy (non-hydrogen) atoms. The number of benzene rings is 2. The fraction of sp³-hybridized carbons (Fsp3) is 0.200. The maximum Gasteiger partial charge on any atom is 0.123 e. The van der Waals surface area contributed by atoms with E-state index in [1.807, 2.05) is 18.2 Å². The monoisotopic (exact) mass is 248 g/mol. The SMILES string of the molecule is CC(c1ccccc1)C(Cl)c1ccc(F)cc1. The predicted octanol–water partition coefficient (Wildman–Crippen LogP) is 4.91. The summed E-state index contributed by atoms with van der Waals surface area (Å²) >= 11 is 6.42. The fourth-order valence-corrected chi connectivity index (χ4v) is 2.15. The highest BCUT2D eigenvalue weighted by atomic mass is 35.5. The molecule has 0 aliphatic carbocycles. The summed E-state index contributed by atoms with van der Waals surface area (Å²) in [6.07, 6.45) is 0. The smallest absolute Gasteiger partial charge is 0.123 e. The first kappa shape index (κ1) is 12.1. The fourth-order valence-electron chi connectivity index (χ4n) is 1.86. The Balaban J connectivity index is 2.20. The van der Waals surface area contributed by atoms with Crippen molar-refractivity contribution in [2.75, 3.05) is 0 Å². The number of halogens is 2. The van der Waals surface area contributed by atoms with E-state index in [1.54, 1.807) is 12.1 Å². The van der Waals surface area contributed by atoms with Crippen LogP contribution < -0.4 is 0 Å². The zero-order chi connectivity index (χ0) is 12.3. The third kappa shape index (κ3) is 2.86. The second-order valence-electron chi connectivity index (χ2n) is 4.15. The molecule has 0 saturated carbocycles. The minimum absolute atomic E-state index is 0.141. The molecule has 0 N–H and O–H groups in total. The molecule has 0 aliphatic heterocycles. The van der Waals surface area contributed by atoms with Crippen LogP contribution in [0, 0.1) is 5.82 Å². The summed E-state index contributed by atoms with van der Waals surface area (Å²) in [4.78, 5) is 0. The van der Waals surface area contributed by atoms with Gasteiger partial charge in [0.05, 0.1) is 5.38 Å². The minimum atomic E-state index is -0.231. The molecule has 0 heterocycles. The van der Waals surface area contributed by atoms with Crippen molar-refractivity contribution in [3.05, 3.63) is 71.5 Å². The first-order chi connectivity index (χ1) is 8.18. The van der Waals surface area contributed by atoms with E-state index < -0.39 is 0 Å². The van der Waals surface area contributed by atoms with E-state index in [4.69, 9.17) is 11.6 Å². The Kier molecular flexibility index (Phi) is 3.80. The zero-order valence-corrected chi connectivity index (χ0v) is 10.4. The quantitative estimate of drug-likeness (QED) is 0.677. The lowest BCUT2D eigenvalue weighted by atomic mass is 9.93. The van der Waals surface area contributed by atoms with Gasteiger partial charge in [-0.15, -0.1) is 11.6 Å².